The standard InChI is InChI=1S/C24H22N2O/c1-19-8-7-11-21(14-19)16-26-17-22(23-12-5-6-13-24(23)26)15-25-27-18-20-9-3-2-4-10-20/h2-15,17H,16,18H2,1H3/b25-15+. The Kier molecular flexibility index (Phi) is 5.01. The smallest absolute Gasteiger partial charge is 0.142 e. The minimum absolute atomic E-state index is 0.472. The average molecular weight is 354 g/mol. The quantitative estimate of drug-likeness (QED) is 0.329. The molecule has 3 nitrogen and oxygen atoms in total. The van der Waals surface area contributed by atoms with E-state index in [0.717, 1.165) is 17.7 Å². The molecule has 0 aliphatic rings. The number of hydrogen-bond donors (Lipinski definition) is 0. The predicted molar refractivity (Wildman–Crippen MR) is 111 cm³/mol. The zero-order valence-corrected chi connectivity index (χ0v) is 15.4. The fraction of sp³-hybridized carbons (Fsp3) is 0.125. The maximum absolute atomic E-state index is 5.48. The van der Waals surface area contributed by atoms with Gasteiger partial charge in [-0.3, -0.25) is 0 Å². The first-order chi connectivity index (χ1) is 13.3. The van der Waals surface area contributed by atoms with Crippen molar-refractivity contribution in [1.82, 2.24) is 4.57 Å². The maximum atomic E-state index is 5.48. The Labute approximate surface area is 159 Å². The third-order valence-corrected chi connectivity index (χ3v) is 4.60. The number of nitrogens with zero attached hydrogens (tertiary/aromatic N) is 2. The Morgan fingerprint density at radius 1 is 0.889 bits per heavy atom. The molecule has 4 aromatic rings. The molecular formula is C24H22N2O. The lowest BCUT2D eigenvalue weighted by atomic mass is 10.1. The van der Waals surface area contributed by atoms with Crippen molar-refractivity contribution >= 4 is 17.1 Å². The summed E-state index contributed by atoms with van der Waals surface area (Å²) >= 11 is 0. The molecule has 0 spiro atoms. The van der Waals surface area contributed by atoms with E-state index >= 15 is 0 Å². The maximum Gasteiger partial charge on any atom is 0.142 e. The second-order valence-corrected chi connectivity index (χ2v) is 6.71. The minimum Gasteiger partial charge on any atom is -0.391 e. The van der Waals surface area contributed by atoms with Gasteiger partial charge in [-0.1, -0.05) is 83.5 Å². The number of aryl methyl sites for hydroxylation is 1. The Morgan fingerprint density at radius 3 is 2.52 bits per heavy atom. The molecule has 0 saturated carbocycles. The largest absolute Gasteiger partial charge is 0.391 e. The number of aromatic nitrogens is 1. The monoisotopic (exact) mass is 354 g/mol. The fourth-order valence-electron chi connectivity index (χ4n) is 3.30. The predicted octanol–water partition coefficient (Wildman–Crippen LogP) is 5.55. The van der Waals surface area contributed by atoms with Gasteiger partial charge in [0.2, 0.25) is 0 Å². The zero-order valence-electron chi connectivity index (χ0n) is 15.4. The Morgan fingerprint density at radius 2 is 1.67 bits per heavy atom. The van der Waals surface area contributed by atoms with E-state index < -0.39 is 0 Å². The Bertz CT molecular complexity index is 1060. The summed E-state index contributed by atoms with van der Waals surface area (Å²) in [5.74, 6) is 0. The zero-order chi connectivity index (χ0) is 18.5. The normalized spacial score (nSPS) is 11.3. The van der Waals surface area contributed by atoms with E-state index in [9.17, 15) is 0 Å². The number of oxime groups is 1. The average Bonchev–Trinajstić information content (AvgIpc) is 3.04. The summed E-state index contributed by atoms with van der Waals surface area (Å²) in [6, 6.07) is 27.1. The van der Waals surface area contributed by atoms with Gasteiger partial charge in [0.1, 0.15) is 6.61 Å². The van der Waals surface area contributed by atoms with Crippen LogP contribution >= 0.6 is 0 Å². The van der Waals surface area contributed by atoms with Gasteiger partial charge in [0.05, 0.1) is 6.21 Å². The molecule has 1 aromatic heterocycles. The van der Waals surface area contributed by atoms with Crippen LogP contribution < -0.4 is 0 Å². The molecule has 0 saturated heterocycles. The summed E-state index contributed by atoms with van der Waals surface area (Å²) in [6.45, 7) is 3.43. The van der Waals surface area contributed by atoms with Crippen molar-refractivity contribution in [1.29, 1.82) is 0 Å². The van der Waals surface area contributed by atoms with Gasteiger partial charge in [0.15, 0.2) is 0 Å². The van der Waals surface area contributed by atoms with E-state index in [1.165, 1.54) is 22.0 Å². The molecule has 27 heavy (non-hydrogen) atoms. The van der Waals surface area contributed by atoms with Crippen molar-refractivity contribution in [3.63, 3.8) is 0 Å². The highest BCUT2D eigenvalue weighted by atomic mass is 16.6. The fourth-order valence-corrected chi connectivity index (χ4v) is 3.30. The van der Waals surface area contributed by atoms with Gasteiger partial charge in [-0.2, -0.15) is 0 Å². The van der Waals surface area contributed by atoms with Crippen LogP contribution in [0.4, 0.5) is 0 Å². The van der Waals surface area contributed by atoms with Crippen molar-refractivity contribution in [2.24, 2.45) is 5.16 Å². The Hall–Kier alpha value is -3.33. The molecule has 0 aliphatic heterocycles. The highest BCUT2D eigenvalue weighted by molar-refractivity contribution is 5.99. The van der Waals surface area contributed by atoms with E-state index in [1.807, 2.05) is 30.3 Å². The molecule has 134 valence electrons. The number of rotatable bonds is 6. The molecule has 0 aliphatic carbocycles. The van der Waals surface area contributed by atoms with Crippen molar-refractivity contribution in [2.45, 2.75) is 20.1 Å². The molecule has 0 amide bonds. The summed E-state index contributed by atoms with van der Waals surface area (Å²) in [6.07, 6.45) is 3.94. The van der Waals surface area contributed by atoms with Crippen LogP contribution in [0, 0.1) is 6.92 Å². The highest BCUT2D eigenvalue weighted by Crippen LogP contribution is 2.21. The second kappa shape index (κ2) is 7.92. The van der Waals surface area contributed by atoms with E-state index in [1.54, 1.807) is 6.21 Å². The van der Waals surface area contributed by atoms with Gasteiger partial charge in [0, 0.05) is 29.2 Å². The summed E-state index contributed by atoms with van der Waals surface area (Å²) in [7, 11) is 0. The van der Waals surface area contributed by atoms with Crippen molar-refractivity contribution in [2.75, 3.05) is 0 Å². The van der Waals surface area contributed by atoms with Crippen molar-refractivity contribution in [3.8, 4) is 0 Å². The SMILES string of the molecule is Cc1cccc(Cn2cc(/C=N/OCc3ccccc3)c3ccccc32)c1. The highest BCUT2D eigenvalue weighted by Gasteiger charge is 2.07. The van der Waals surface area contributed by atoms with Crippen LogP contribution in [0.25, 0.3) is 10.9 Å². The van der Waals surface area contributed by atoms with Crippen LogP contribution in [0.2, 0.25) is 0 Å². The van der Waals surface area contributed by atoms with Gasteiger partial charge < -0.3 is 9.40 Å². The first-order valence-electron chi connectivity index (χ1n) is 9.12. The van der Waals surface area contributed by atoms with Crippen molar-refractivity contribution < 1.29 is 4.84 Å². The van der Waals surface area contributed by atoms with Gasteiger partial charge in [-0.15, -0.1) is 0 Å². The van der Waals surface area contributed by atoms with E-state index in [0.29, 0.717) is 6.61 Å². The first-order valence-corrected chi connectivity index (χ1v) is 9.12. The Balaban J connectivity index is 1.55. The van der Waals surface area contributed by atoms with Gasteiger partial charge >= 0.3 is 0 Å². The van der Waals surface area contributed by atoms with Crippen LogP contribution in [0.3, 0.4) is 0 Å². The van der Waals surface area contributed by atoms with Crippen LogP contribution in [-0.4, -0.2) is 10.8 Å². The third kappa shape index (κ3) is 4.09. The van der Waals surface area contributed by atoms with Crippen LogP contribution in [0.5, 0.6) is 0 Å². The molecule has 3 heteroatoms. The molecule has 3 aromatic carbocycles. The summed E-state index contributed by atoms with van der Waals surface area (Å²) < 4.78 is 2.27. The molecule has 0 radical (unpaired) electrons. The second-order valence-electron chi connectivity index (χ2n) is 6.71. The first kappa shape index (κ1) is 17.1. The van der Waals surface area contributed by atoms with Crippen molar-refractivity contribution in [3.05, 3.63) is 107 Å². The number of fused-ring (bicyclic) bond motifs is 1. The minimum atomic E-state index is 0.472. The van der Waals surface area contributed by atoms with Crippen LogP contribution in [0.1, 0.15) is 22.3 Å². The van der Waals surface area contributed by atoms with E-state index in [-0.39, 0.29) is 0 Å². The molecular weight excluding hydrogens is 332 g/mol. The lowest BCUT2D eigenvalue weighted by Gasteiger charge is -2.06. The molecule has 0 atom stereocenters. The van der Waals surface area contributed by atoms with Crippen LogP contribution in [0.15, 0.2) is 90.2 Å². The molecule has 0 N–H and O–H groups in total. The number of para-hydroxylation sites is 1. The molecule has 0 unspecified atom stereocenters. The molecule has 4 rings (SSSR count). The summed E-state index contributed by atoms with van der Waals surface area (Å²) in [5, 5.41) is 5.36. The van der Waals surface area contributed by atoms with E-state index in [4.69, 9.17) is 4.84 Å². The topological polar surface area (TPSA) is 26.5 Å². The molecule has 0 bridgehead atoms. The van der Waals surface area contributed by atoms with Gasteiger partial charge in [-0.25, -0.2) is 0 Å². The van der Waals surface area contributed by atoms with E-state index in [2.05, 4.69) is 71.4 Å². The molecule has 0 fully saturated rings. The summed E-state index contributed by atoms with van der Waals surface area (Å²) in [4.78, 5) is 5.48. The lowest BCUT2D eigenvalue weighted by molar-refractivity contribution is 0.132. The number of hydrogen-bond acceptors (Lipinski definition) is 2. The van der Waals surface area contributed by atoms with Crippen LogP contribution in [-0.2, 0) is 18.0 Å². The van der Waals surface area contributed by atoms with Gasteiger partial charge in [0.25, 0.3) is 0 Å². The third-order valence-electron chi connectivity index (χ3n) is 4.60. The lowest BCUT2D eigenvalue weighted by Crippen LogP contribution is -1.98. The number of benzene rings is 3. The summed E-state index contributed by atoms with van der Waals surface area (Å²) in [5.41, 5.74) is 5.94. The van der Waals surface area contributed by atoms with Gasteiger partial charge in [-0.05, 0) is 24.1 Å². The molecule has 1 heterocycles.